The van der Waals surface area contributed by atoms with Crippen LogP contribution in [0.15, 0.2) is 34.3 Å². The van der Waals surface area contributed by atoms with E-state index < -0.39 is 0 Å². The van der Waals surface area contributed by atoms with Crippen molar-refractivity contribution in [3.63, 3.8) is 0 Å². The molecule has 118 valence electrons. The van der Waals surface area contributed by atoms with Gasteiger partial charge in [-0.2, -0.15) is 0 Å². The Morgan fingerprint density at radius 3 is 2.41 bits per heavy atom. The fourth-order valence-corrected chi connectivity index (χ4v) is 3.23. The van der Waals surface area contributed by atoms with Crippen molar-refractivity contribution < 1.29 is 0 Å². The van der Waals surface area contributed by atoms with Gasteiger partial charge in [0, 0.05) is 26.2 Å². The quantitative estimate of drug-likeness (QED) is 0.900. The highest BCUT2D eigenvalue weighted by atomic mass is 15.3. The average Bonchev–Trinajstić information content (AvgIpc) is 2.47. The second kappa shape index (κ2) is 5.99. The van der Waals surface area contributed by atoms with Crippen LogP contribution < -0.4 is 16.0 Å². The summed E-state index contributed by atoms with van der Waals surface area (Å²) in [7, 11) is 4.09. The highest BCUT2D eigenvalue weighted by Crippen LogP contribution is 2.34. The van der Waals surface area contributed by atoms with Crippen LogP contribution in [0.5, 0.6) is 0 Å². The summed E-state index contributed by atoms with van der Waals surface area (Å²) in [5, 5.41) is 3.14. The van der Waals surface area contributed by atoms with Gasteiger partial charge in [0.15, 0.2) is 11.6 Å². The smallest absolute Gasteiger partial charge is 0.196 e. The van der Waals surface area contributed by atoms with Gasteiger partial charge in [0.05, 0.1) is 0 Å². The Balaban J connectivity index is 1.76. The van der Waals surface area contributed by atoms with Crippen molar-refractivity contribution in [2.45, 2.75) is 44.2 Å². The van der Waals surface area contributed by atoms with Gasteiger partial charge in [-0.15, -0.1) is 0 Å². The van der Waals surface area contributed by atoms with Gasteiger partial charge in [-0.05, 0) is 43.4 Å². The second-order valence-electron chi connectivity index (χ2n) is 6.46. The number of nitrogens with zero attached hydrogens (tertiary/aromatic N) is 3. The summed E-state index contributed by atoms with van der Waals surface area (Å²) in [6.07, 6.45) is 6.44. The molecule has 22 heavy (non-hydrogen) atoms. The number of hydrogen-bond donors (Lipinski definition) is 2. The fourth-order valence-electron chi connectivity index (χ4n) is 3.23. The molecule has 5 heteroatoms. The van der Waals surface area contributed by atoms with E-state index in [-0.39, 0.29) is 5.66 Å². The first-order chi connectivity index (χ1) is 10.6. The van der Waals surface area contributed by atoms with Gasteiger partial charge in [-0.3, -0.25) is 0 Å². The molecule has 3 rings (SSSR count). The molecule has 0 atom stereocenters. The van der Waals surface area contributed by atoms with Gasteiger partial charge in [-0.1, -0.05) is 18.6 Å². The first-order valence-electron chi connectivity index (χ1n) is 8.04. The predicted molar refractivity (Wildman–Crippen MR) is 92.5 cm³/mol. The second-order valence-corrected chi connectivity index (χ2v) is 6.46. The van der Waals surface area contributed by atoms with E-state index in [0.29, 0.717) is 5.96 Å². The Hall–Kier alpha value is -2.04. The molecule has 1 fully saturated rings. The SMILES string of the molecule is CN(C)c1ccc(CC2=NC3(CCCCC3)N=C(N)N2)cc1. The first-order valence-corrected chi connectivity index (χ1v) is 8.04. The molecule has 1 saturated carbocycles. The van der Waals surface area contributed by atoms with Gasteiger partial charge in [-0.25, -0.2) is 9.98 Å². The molecule has 0 unspecified atom stereocenters. The molecule has 1 aromatic carbocycles. The lowest BCUT2D eigenvalue weighted by atomic mass is 9.89. The summed E-state index contributed by atoms with van der Waals surface area (Å²) < 4.78 is 0. The van der Waals surface area contributed by atoms with Crippen LogP contribution in [0.25, 0.3) is 0 Å². The molecular weight excluding hydrogens is 274 g/mol. The maximum absolute atomic E-state index is 6.00. The molecule has 0 radical (unpaired) electrons. The fraction of sp³-hybridized carbons (Fsp3) is 0.529. The van der Waals surface area contributed by atoms with E-state index in [1.54, 1.807) is 0 Å². The lowest BCUT2D eigenvalue weighted by Gasteiger charge is -2.34. The third-order valence-corrected chi connectivity index (χ3v) is 4.42. The van der Waals surface area contributed by atoms with Crippen LogP contribution in [-0.2, 0) is 6.42 Å². The zero-order valence-corrected chi connectivity index (χ0v) is 13.5. The van der Waals surface area contributed by atoms with Gasteiger partial charge in [0.1, 0.15) is 5.84 Å². The van der Waals surface area contributed by atoms with Gasteiger partial charge >= 0.3 is 0 Å². The molecule has 0 aromatic heterocycles. The van der Waals surface area contributed by atoms with Crippen molar-refractivity contribution in [1.82, 2.24) is 5.32 Å². The van der Waals surface area contributed by atoms with E-state index in [1.165, 1.54) is 30.5 Å². The van der Waals surface area contributed by atoms with Crippen LogP contribution in [0, 0.1) is 0 Å². The first kappa shape index (κ1) is 14.9. The van der Waals surface area contributed by atoms with Crippen LogP contribution in [0.4, 0.5) is 5.69 Å². The Kier molecular flexibility index (Phi) is 4.05. The molecule has 1 heterocycles. The minimum atomic E-state index is -0.299. The Bertz CT molecular complexity index is 580. The number of guanidine groups is 1. The third kappa shape index (κ3) is 3.24. The molecule has 1 aliphatic heterocycles. The van der Waals surface area contributed by atoms with Crippen LogP contribution in [0.2, 0.25) is 0 Å². The normalized spacial score (nSPS) is 20.1. The molecule has 2 aliphatic rings. The maximum Gasteiger partial charge on any atom is 0.196 e. The number of benzene rings is 1. The number of rotatable bonds is 3. The van der Waals surface area contributed by atoms with Crippen molar-refractivity contribution in [3.8, 4) is 0 Å². The topological polar surface area (TPSA) is 66.0 Å². The van der Waals surface area contributed by atoms with Gasteiger partial charge in [0.25, 0.3) is 0 Å². The molecular formula is C17H25N5. The minimum Gasteiger partial charge on any atom is -0.378 e. The van der Waals surface area contributed by atoms with Gasteiger partial charge < -0.3 is 16.0 Å². The molecule has 1 aromatic rings. The van der Waals surface area contributed by atoms with Crippen molar-refractivity contribution in [1.29, 1.82) is 0 Å². The monoisotopic (exact) mass is 299 g/mol. The van der Waals surface area contributed by atoms with Gasteiger partial charge in [0.2, 0.25) is 0 Å². The number of amidine groups is 1. The highest BCUT2D eigenvalue weighted by Gasteiger charge is 2.34. The van der Waals surface area contributed by atoms with E-state index >= 15 is 0 Å². The van der Waals surface area contributed by atoms with Crippen LogP contribution in [0.1, 0.15) is 37.7 Å². The number of nitrogens with two attached hydrogens (primary N) is 1. The molecule has 1 spiro atoms. The zero-order chi connectivity index (χ0) is 15.6. The summed E-state index contributed by atoms with van der Waals surface area (Å²) in [6, 6.07) is 8.56. The molecule has 0 saturated heterocycles. The molecule has 5 nitrogen and oxygen atoms in total. The average molecular weight is 299 g/mol. The van der Waals surface area contributed by atoms with E-state index in [0.717, 1.165) is 25.1 Å². The number of hydrogen-bond acceptors (Lipinski definition) is 5. The van der Waals surface area contributed by atoms with Crippen molar-refractivity contribution in [2.75, 3.05) is 19.0 Å². The number of anilines is 1. The number of aliphatic imine (C=N–C) groups is 2. The van der Waals surface area contributed by atoms with E-state index in [1.807, 2.05) is 14.1 Å². The lowest BCUT2D eigenvalue weighted by Crippen LogP contribution is -2.47. The standard InChI is InChI=1S/C17H25N5/c1-22(2)14-8-6-13(7-9-14)12-15-19-16(18)21-17(20-15)10-4-3-5-11-17/h6-9H,3-5,10-12H2,1-2H3,(H3,18,19,20,21). The molecule has 0 amide bonds. The summed E-state index contributed by atoms with van der Waals surface area (Å²) >= 11 is 0. The number of nitrogens with one attached hydrogen (secondary N) is 1. The van der Waals surface area contributed by atoms with Crippen molar-refractivity contribution >= 4 is 17.5 Å². The molecule has 3 N–H and O–H groups in total. The molecule has 0 bridgehead atoms. The van der Waals surface area contributed by atoms with Crippen LogP contribution in [0.3, 0.4) is 0 Å². The van der Waals surface area contributed by atoms with E-state index in [9.17, 15) is 0 Å². The maximum atomic E-state index is 6.00. The van der Waals surface area contributed by atoms with Crippen molar-refractivity contribution in [2.24, 2.45) is 15.7 Å². The largest absolute Gasteiger partial charge is 0.378 e. The summed E-state index contributed by atoms with van der Waals surface area (Å²) in [5.41, 5.74) is 8.14. The van der Waals surface area contributed by atoms with Crippen molar-refractivity contribution in [3.05, 3.63) is 29.8 Å². The summed E-state index contributed by atoms with van der Waals surface area (Å²) in [6.45, 7) is 0. The summed E-state index contributed by atoms with van der Waals surface area (Å²) in [5.74, 6) is 1.45. The third-order valence-electron chi connectivity index (χ3n) is 4.42. The Labute approximate surface area is 132 Å². The lowest BCUT2D eigenvalue weighted by molar-refractivity contribution is 0.306. The minimum absolute atomic E-state index is 0.299. The predicted octanol–water partition coefficient (Wildman–Crippen LogP) is 2.27. The van der Waals surface area contributed by atoms with Crippen LogP contribution >= 0.6 is 0 Å². The van der Waals surface area contributed by atoms with E-state index in [4.69, 9.17) is 10.7 Å². The zero-order valence-electron chi connectivity index (χ0n) is 13.5. The van der Waals surface area contributed by atoms with Crippen LogP contribution in [-0.4, -0.2) is 31.6 Å². The van der Waals surface area contributed by atoms with E-state index in [2.05, 4.69) is 39.5 Å². The Morgan fingerprint density at radius 1 is 1.09 bits per heavy atom. The highest BCUT2D eigenvalue weighted by molar-refractivity contribution is 6.01. The summed E-state index contributed by atoms with van der Waals surface area (Å²) in [4.78, 5) is 11.6. The molecule has 1 aliphatic carbocycles. The Morgan fingerprint density at radius 2 is 1.77 bits per heavy atom.